The van der Waals surface area contributed by atoms with E-state index in [4.69, 9.17) is 4.42 Å². The van der Waals surface area contributed by atoms with Gasteiger partial charge in [0, 0.05) is 6.20 Å². The topological polar surface area (TPSA) is 51.0 Å². The lowest BCUT2D eigenvalue weighted by molar-refractivity contribution is 0.322. The molecule has 0 amide bonds. The van der Waals surface area contributed by atoms with Crippen LogP contribution in [-0.4, -0.2) is 9.97 Å². The van der Waals surface area contributed by atoms with Gasteiger partial charge < -0.3 is 9.73 Å². The number of aromatic nitrogens is 2. The third kappa shape index (κ3) is 3.84. The molecule has 4 nitrogen and oxygen atoms in total. The highest BCUT2D eigenvalue weighted by atomic mass is 16.4. The zero-order chi connectivity index (χ0) is 17.1. The first kappa shape index (κ1) is 16.1. The first-order chi connectivity index (χ1) is 12.3. The van der Waals surface area contributed by atoms with Gasteiger partial charge in [0.05, 0.1) is 11.7 Å². The van der Waals surface area contributed by atoms with Crippen LogP contribution >= 0.6 is 0 Å². The van der Waals surface area contributed by atoms with Crippen molar-refractivity contribution in [2.75, 3.05) is 5.32 Å². The minimum Gasteiger partial charge on any atom is -0.424 e. The molecule has 1 aliphatic rings. The molecule has 1 atom stereocenters. The summed E-state index contributed by atoms with van der Waals surface area (Å²) in [5.41, 5.74) is 3.98. The van der Waals surface area contributed by atoms with Crippen LogP contribution in [-0.2, 0) is 0 Å². The molecule has 1 fully saturated rings. The Morgan fingerprint density at radius 2 is 2.04 bits per heavy atom. The van der Waals surface area contributed by atoms with Gasteiger partial charge in [0.15, 0.2) is 5.58 Å². The van der Waals surface area contributed by atoms with Crippen LogP contribution in [0.15, 0.2) is 47.0 Å². The molecule has 2 heterocycles. The van der Waals surface area contributed by atoms with Gasteiger partial charge in [-0.25, -0.2) is 0 Å². The summed E-state index contributed by atoms with van der Waals surface area (Å²) in [4.78, 5) is 9.20. The molecule has 130 valence electrons. The number of hydrogen-bond donors (Lipinski definition) is 1. The minimum atomic E-state index is 0.137. The summed E-state index contributed by atoms with van der Waals surface area (Å²) in [6.07, 6.45) is 9.65. The quantitative estimate of drug-likeness (QED) is 0.654. The lowest BCUT2D eigenvalue weighted by Crippen LogP contribution is -2.18. The second-order valence-corrected chi connectivity index (χ2v) is 7.18. The molecule has 4 heteroatoms. The molecule has 25 heavy (non-hydrogen) atoms. The Labute approximate surface area is 148 Å². The molecule has 1 N–H and O–H groups in total. The lowest BCUT2D eigenvalue weighted by Gasteiger charge is -2.26. The van der Waals surface area contributed by atoms with Gasteiger partial charge in [-0.15, -0.1) is 0 Å². The fourth-order valence-corrected chi connectivity index (χ4v) is 3.84. The molecule has 1 aromatic carbocycles. The van der Waals surface area contributed by atoms with Crippen LogP contribution in [0, 0.1) is 12.8 Å². The summed E-state index contributed by atoms with van der Waals surface area (Å²) < 4.78 is 5.91. The predicted molar refractivity (Wildman–Crippen MR) is 101 cm³/mol. The van der Waals surface area contributed by atoms with Crippen molar-refractivity contribution in [3.05, 3.63) is 53.9 Å². The minimum absolute atomic E-state index is 0.137. The molecule has 0 spiro atoms. The van der Waals surface area contributed by atoms with E-state index >= 15 is 0 Å². The number of anilines is 1. The zero-order valence-electron chi connectivity index (χ0n) is 14.7. The highest BCUT2D eigenvalue weighted by molar-refractivity contribution is 5.75. The monoisotopic (exact) mass is 335 g/mol. The number of benzene rings is 1. The standard InChI is InChI=1S/C21H25N3O/c1-15-10-11-20-19(13-15)24-21(25-20)23-18(17-9-5-6-12-22-17)14-16-7-3-2-4-8-16/h5-6,9-13,16,18H,2-4,7-8,14H2,1H3,(H,23,24). The van der Waals surface area contributed by atoms with E-state index in [1.54, 1.807) is 0 Å². The fourth-order valence-electron chi connectivity index (χ4n) is 3.84. The van der Waals surface area contributed by atoms with Crippen LogP contribution in [0.25, 0.3) is 11.1 Å². The molecule has 2 aromatic heterocycles. The average molecular weight is 335 g/mol. The summed E-state index contributed by atoms with van der Waals surface area (Å²) in [5.74, 6) is 0.750. The van der Waals surface area contributed by atoms with Crippen LogP contribution in [0.4, 0.5) is 6.01 Å². The second kappa shape index (κ2) is 7.26. The van der Waals surface area contributed by atoms with Crippen molar-refractivity contribution >= 4 is 17.1 Å². The number of rotatable bonds is 5. The highest BCUT2D eigenvalue weighted by Crippen LogP contribution is 2.33. The largest absolute Gasteiger partial charge is 0.424 e. The van der Waals surface area contributed by atoms with Gasteiger partial charge in [-0.3, -0.25) is 4.98 Å². The molecule has 0 saturated heterocycles. The van der Waals surface area contributed by atoms with Gasteiger partial charge in [0.1, 0.15) is 5.52 Å². The third-order valence-electron chi connectivity index (χ3n) is 5.18. The predicted octanol–water partition coefficient (Wildman–Crippen LogP) is 5.65. The van der Waals surface area contributed by atoms with Crippen LogP contribution in [0.5, 0.6) is 0 Å². The molecular formula is C21H25N3O. The Kier molecular flexibility index (Phi) is 4.68. The van der Waals surface area contributed by atoms with Crippen molar-refractivity contribution in [3.8, 4) is 0 Å². The second-order valence-electron chi connectivity index (χ2n) is 7.18. The Morgan fingerprint density at radius 1 is 1.16 bits per heavy atom. The van der Waals surface area contributed by atoms with Gasteiger partial charge in [0.25, 0.3) is 6.01 Å². The molecular weight excluding hydrogens is 310 g/mol. The Balaban J connectivity index is 1.57. The maximum absolute atomic E-state index is 5.91. The number of nitrogens with one attached hydrogen (secondary N) is 1. The van der Waals surface area contributed by atoms with Crippen molar-refractivity contribution in [1.29, 1.82) is 0 Å². The van der Waals surface area contributed by atoms with Crippen molar-refractivity contribution < 1.29 is 4.42 Å². The summed E-state index contributed by atoms with van der Waals surface area (Å²) in [7, 11) is 0. The zero-order valence-corrected chi connectivity index (χ0v) is 14.7. The molecule has 0 radical (unpaired) electrons. The van der Waals surface area contributed by atoms with Crippen LogP contribution in [0.1, 0.15) is 55.8 Å². The van der Waals surface area contributed by atoms with E-state index in [0.717, 1.165) is 29.1 Å². The van der Waals surface area contributed by atoms with E-state index in [0.29, 0.717) is 6.01 Å². The van der Waals surface area contributed by atoms with Gasteiger partial charge in [-0.2, -0.15) is 4.98 Å². The Hall–Kier alpha value is -2.36. The van der Waals surface area contributed by atoms with Crippen LogP contribution < -0.4 is 5.32 Å². The fraction of sp³-hybridized carbons (Fsp3) is 0.429. The number of oxazole rings is 1. The number of nitrogens with zero attached hydrogens (tertiary/aromatic N) is 2. The molecule has 1 saturated carbocycles. The Bertz CT molecular complexity index is 822. The van der Waals surface area contributed by atoms with Gasteiger partial charge >= 0.3 is 0 Å². The third-order valence-corrected chi connectivity index (χ3v) is 5.18. The van der Waals surface area contributed by atoms with E-state index in [9.17, 15) is 0 Å². The van der Waals surface area contributed by atoms with Gasteiger partial charge in [-0.1, -0.05) is 44.2 Å². The maximum atomic E-state index is 5.91. The summed E-state index contributed by atoms with van der Waals surface area (Å²) in [6.45, 7) is 2.07. The van der Waals surface area contributed by atoms with Gasteiger partial charge in [-0.05, 0) is 49.1 Å². The van der Waals surface area contributed by atoms with E-state index in [1.807, 2.05) is 24.4 Å². The smallest absolute Gasteiger partial charge is 0.296 e. The molecule has 1 unspecified atom stereocenters. The SMILES string of the molecule is Cc1ccc2oc(NC(CC3CCCCC3)c3ccccn3)nc2c1. The molecule has 3 aromatic rings. The van der Waals surface area contributed by atoms with E-state index in [2.05, 4.69) is 40.4 Å². The number of pyridine rings is 1. The van der Waals surface area contributed by atoms with Crippen molar-refractivity contribution in [2.45, 2.75) is 51.5 Å². The van der Waals surface area contributed by atoms with E-state index < -0.39 is 0 Å². The first-order valence-corrected chi connectivity index (χ1v) is 9.32. The first-order valence-electron chi connectivity index (χ1n) is 9.32. The van der Waals surface area contributed by atoms with Crippen molar-refractivity contribution in [3.63, 3.8) is 0 Å². The normalized spacial score (nSPS) is 16.8. The summed E-state index contributed by atoms with van der Waals surface area (Å²) in [6, 6.07) is 12.9. The summed E-state index contributed by atoms with van der Waals surface area (Å²) in [5, 5.41) is 3.51. The molecule has 1 aliphatic carbocycles. The van der Waals surface area contributed by atoms with Crippen LogP contribution in [0.3, 0.4) is 0 Å². The number of fused-ring (bicyclic) bond motifs is 1. The number of hydrogen-bond acceptors (Lipinski definition) is 4. The van der Waals surface area contributed by atoms with Crippen LogP contribution in [0.2, 0.25) is 0 Å². The van der Waals surface area contributed by atoms with Crippen molar-refractivity contribution in [1.82, 2.24) is 9.97 Å². The van der Waals surface area contributed by atoms with E-state index in [1.165, 1.54) is 37.7 Å². The molecule has 4 rings (SSSR count). The van der Waals surface area contributed by atoms with Gasteiger partial charge in [0.2, 0.25) is 0 Å². The highest BCUT2D eigenvalue weighted by Gasteiger charge is 2.22. The lowest BCUT2D eigenvalue weighted by atomic mass is 9.84. The maximum Gasteiger partial charge on any atom is 0.296 e. The number of aryl methyl sites for hydroxylation is 1. The Morgan fingerprint density at radius 3 is 2.84 bits per heavy atom. The average Bonchev–Trinajstić information content (AvgIpc) is 3.04. The molecule has 0 bridgehead atoms. The van der Waals surface area contributed by atoms with E-state index in [-0.39, 0.29) is 6.04 Å². The molecule has 0 aliphatic heterocycles. The van der Waals surface area contributed by atoms with Crippen molar-refractivity contribution in [2.24, 2.45) is 5.92 Å². The summed E-state index contributed by atoms with van der Waals surface area (Å²) >= 11 is 0.